The van der Waals surface area contributed by atoms with Crippen LogP contribution in [0.3, 0.4) is 0 Å². The van der Waals surface area contributed by atoms with E-state index in [1.807, 2.05) is 25.1 Å². The molecule has 2 amide bonds. The Morgan fingerprint density at radius 3 is 2.85 bits per heavy atom. The van der Waals surface area contributed by atoms with Crippen molar-refractivity contribution in [1.82, 2.24) is 9.78 Å². The Labute approximate surface area is 160 Å². The van der Waals surface area contributed by atoms with E-state index < -0.39 is 11.8 Å². The lowest BCUT2D eigenvalue weighted by Gasteiger charge is -2.17. The molecule has 26 heavy (non-hydrogen) atoms. The smallest absolute Gasteiger partial charge is 0.316 e. The van der Waals surface area contributed by atoms with Crippen molar-refractivity contribution in [3.63, 3.8) is 0 Å². The quantitative estimate of drug-likeness (QED) is 0.770. The van der Waals surface area contributed by atoms with Gasteiger partial charge in [-0.15, -0.1) is 0 Å². The number of methoxy groups -OCH3 is 1. The second-order valence-electron chi connectivity index (χ2n) is 6.20. The average Bonchev–Trinajstić information content (AvgIpc) is 3.14. The number of halogens is 1. The summed E-state index contributed by atoms with van der Waals surface area (Å²) in [5, 5.41) is 7.13. The van der Waals surface area contributed by atoms with E-state index in [2.05, 4.69) is 26.3 Å². The number of hydrogen-bond donors (Lipinski definition) is 1. The molecule has 0 spiro atoms. The van der Waals surface area contributed by atoms with E-state index in [0.717, 1.165) is 27.8 Å². The van der Waals surface area contributed by atoms with Crippen LogP contribution in [0, 0.1) is 13.8 Å². The molecule has 0 atom stereocenters. The Hall–Kier alpha value is -2.19. The van der Waals surface area contributed by atoms with Crippen LogP contribution in [0.25, 0.3) is 0 Å². The molecule has 1 aliphatic rings. The van der Waals surface area contributed by atoms with Crippen molar-refractivity contribution in [2.45, 2.75) is 26.8 Å². The Bertz CT molecular complexity index is 862. The van der Waals surface area contributed by atoms with Gasteiger partial charge in [0.25, 0.3) is 0 Å². The van der Waals surface area contributed by atoms with E-state index in [-0.39, 0.29) is 0 Å². The summed E-state index contributed by atoms with van der Waals surface area (Å²) in [7, 11) is 1.62. The van der Waals surface area contributed by atoms with Gasteiger partial charge in [0.15, 0.2) is 0 Å². The number of carbonyl (C=O) groups excluding carboxylic acids is 2. The number of fused-ring (bicyclic) bond motifs is 1. The van der Waals surface area contributed by atoms with E-state index >= 15 is 0 Å². The number of hydrogen-bond acceptors (Lipinski definition) is 4. The van der Waals surface area contributed by atoms with Gasteiger partial charge in [0.1, 0.15) is 0 Å². The fourth-order valence-electron chi connectivity index (χ4n) is 3.13. The molecule has 3 rings (SSSR count). The zero-order valence-electron chi connectivity index (χ0n) is 15.0. The van der Waals surface area contributed by atoms with Gasteiger partial charge < -0.3 is 15.0 Å². The molecule has 2 heterocycles. The number of amides is 2. The lowest BCUT2D eigenvalue weighted by molar-refractivity contribution is -0.134. The molecule has 0 bridgehead atoms. The number of rotatable bonds is 4. The highest BCUT2D eigenvalue weighted by Gasteiger charge is 2.30. The van der Waals surface area contributed by atoms with Crippen LogP contribution in [0.15, 0.2) is 22.7 Å². The largest absolute Gasteiger partial charge is 0.383 e. The van der Waals surface area contributed by atoms with E-state index in [4.69, 9.17) is 4.74 Å². The average molecular weight is 421 g/mol. The summed E-state index contributed by atoms with van der Waals surface area (Å²) in [4.78, 5) is 26.7. The van der Waals surface area contributed by atoms with Gasteiger partial charge in [-0.05, 0) is 38.0 Å². The van der Waals surface area contributed by atoms with Crippen molar-refractivity contribution in [3.8, 4) is 0 Å². The van der Waals surface area contributed by atoms with Crippen LogP contribution < -0.4 is 10.2 Å². The van der Waals surface area contributed by atoms with Crippen molar-refractivity contribution in [3.05, 3.63) is 39.6 Å². The SMILES string of the molecule is COCCn1nc(C)c(NC(=O)C(=O)N2CCc3ccc(Br)cc32)c1C. The maximum absolute atomic E-state index is 12.7. The van der Waals surface area contributed by atoms with Crippen LogP contribution in [0.5, 0.6) is 0 Å². The standard InChI is InChI=1S/C18H21BrN4O3/c1-11-16(12(2)23(21-11)8-9-26-3)20-17(24)18(25)22-7-6-13-4-5-14(19)10-15(13)22/h4-5,10H,6-9H2,1-3H3,(H,20,24). The summed E-state index contributed by atoms with van der Waals surface area (Å²) < 4.78 is 7.71. The van der Waals surface area contributed by atoms with Crippen LogP contribution >= 0.6 is 15.9 Å². The fraction of sp³-hybridized carbons (Fsp3) is 0.389. The molecule has 1 N–H and O–H groups in total. The number of nitrogens with zero attached hydrogens (tertiary/aromatic N) is 3. The molecule has 0 radical (unpaired) electrons. The minimum absolute atomic E-state index is 0.503. The monoisotopic (exact) mass is 420 g/mol. The zero-order chi connectivity index (χ0) is 18.8. The number of aryl methyl sites for hydroxylation is 1. The minimum Gasteiger partial charge on any atom is -0.383 e. The normalized spacial score (nSPS) is 13.0. The Morgan fingerprint density at radius 1 is 1.35 bits per heavy atom. The molecule has 2 aromatic rings. The molecule has 138 valence electrons. The van der Waals surface area contributed by atoms with Crippen molar-refractivity contribution < 1.29 is 14.3 Å². The van der Waals surface area contributed by atoms with Gasteiger partial charge >= 0.3 is 11.8 Å². The molecule has 7 nitrogen and oxygen atoms in total. The molecule has 1 aliphatic heterocycles. The van der Waals surface area contributed by atoms with Gasteiger partial charge in [-0.2, -0.15) is 5.10 Å². The maximum atomic E-state index is 12.7. The second kappa shape index (κ2) is 7.59. The molecule has 0 unspecified atom stereocenters. The van der Waals surface area contributed by atoms with Gasteiger partial charge in [-0.25, -0.2) is 0 Å². The van der Waals surface area contributed by atoms with Crippen LogP contribution in [0.4, 0.5) is 11.4 Å². The summed E-state index contributed by atoms with van der Waals surface area (Å²) in [6.07, 6.45) is 0.745. The number of nitrogens with one attached hydrogen (secondary N) is 1. The number of carbonyl (C=O) groups is 2. The topological polar surface area (TPSA) is 76.5 Å². The highest BCUT2D eigenvalue weighted by molar-refractivity contribution is 9.10. The first-order chi connectivity index (χ1) is 12.4. The molecule has 0 aliphatic carbocycles. The minimum atomic E-state index is -0.657. The maximum Gasteiger partial charge on any atom is 0.316 e. The van der Waals surface area contributed by atoms with E-state index in [1.54, 1.807) is 18.7 Å². The summed E-state index contributed by atoms with van der Waals surface area (Å²) in [6, 6.07) is 5.78. The van der Waals surface area contributed by atoms with Crippen LogP contribution in [0.1, 0.15) is 17.0 Å². The number of ether oxygens (including phenoxy) is 1. The van der Waals surface area contributed by atoms with E-state index in [1.165, 1.54) is 4.90 Å². The van der Waals surface area contributed by atoms with E-state index in [0.29, 0.717) is 31.1 Å². The Kier molecular flexibility index (Phi) is 5.43. The van der Waals surface area contributed by atoms with Gasteiger partial charge in [0, 0.05) is 23.8 Å². The zero-order valence-corrected chi connectivity index (χ0v) is 16.6. The lowest BCUT2D eigenvalue weighted by Crippen LogP contribution is -2.38. The molecule has 8 heteroatoms. The number of anilines is 2. The highest BCUT2D eigenvalue weighted by atomic mass is 79.9. The first-order valence-corrected chi connectivity index (χ1v) is 9.16. The lowest BCUT2D eigenvalue weighted by atomic mass is 10.2. The van der Waals surface area contributed by atoms with Gasteiger partial charge in [-0.1, -0.05) is 22.0 Å². The molecule has 0 saturated heterocycles. The molecular weight excluding hydrogens is 400 g/mol. The summed E-state index contributed by atoms with van der Waals surface area (Å²) in [5.74, 6) is -1.22. The third-order valence-electron chi connectivity index (χ3n) is 4.51. The summed E-state index contributed by atoms with van der Waals surface area (Å²) in [6.45, 7) is 5.27. The van der Waals surface area contributed by atoms with Crippen molar-refractivity contribution in [2.24, 2.45) is 0 Å². The molecular formula is C18H21BrN4O3. The van der Waals surface area contributed by atoms with E-state index in [9.17, 15) is 9.59 Å². The summed E-state index contributed by atoms with van der Waals surface area (Å²) in [5.41, 5.74) is 3.89. The Morgan fingerprint density at radius 2 is 2.12 bits per heavy atom. The fourth-order valence-corrected chi connectivity index (χ4v) is 3.48. The number of aromatic nitrogens is 2. The van der Waals surface area contributed by atoms with Gasteiger partial charge in [0.2, 0.25) is 0 Å². The summed E-state index contributed by atoms with van der Waals surface area (Å²) >= 11 is 3.41. The predicted octanol–water partition coefficient (Wildman–Crippen LogP) is 2.44. The van der Waals surface area contributed by atoms with Crippen molar-refractivity contribution in [1.29, 1.82) is 0 Å². The molecule has 1 aromatic carbocycles. The highest BCUT2D eigenvalue weighted by Crippen LogP contribution is 2.31. The molecule has 0 saturated carbocycles. The Balaban J connectivity index is 1.77. The van der Waals surface area contributed by atoms with Gasteiger partial charge in [0.05, 0.1) is 30.2 Å². The molecule has 0 fully saturated rings. The molecule has 1 aromatic heterocycles. The van der Waals surface area contributed by atoms with Crippen LogP contribution in [0.2, 0.25) is 0 Å². The van der Waals surface area contributed by atoms with Gasteiger partial charge in [-0.3, -0.25) is 14.3 Å². The number of benzene rings is 1. The first-order valence-electron chi connectivity index (χ1n) is 8.36. The predicted molar refractivity (Wildman–Crippen MR) is 102 cm³/mol. The first kappa shape index (κ1) is 18.6. The second-order valence-corrected chi connectivity index (χ2v) is 7.11. The van der Waals surface area contributed by atoms with Crippen molar-refractivity contribution in [2.75, 3.05) is 30.5 Å². The third kappa shape index (κ3) is 3.52. The van der Waals surface area contributed by atoms with Crippen LogP contribution in [-0.2, 0) is 27.3 Å². The van der Waals surface area contributed by atoms with Crippen molar-refractivity contribution >= 4 is 39.1 Å². The van der Waals surface area contributed by atoms with Crippen LogP contribution in [-0.4, -0.2) is 41.9 Å². The third-order valence-corrected chi connectivity index (χ3v) is 5.00.